The topological polar surface area (TPSA) is 12.0 Å². The zero-order valence-electron chi connectivity index (χ0n) is 12.9. The Morgan fingerprint density at radius 2 is 2.05 bits per heavy atom. The molecule has 0 spiro atoms. The van der Waals surface area contributed by atoms with E-state index in [9.17, 15) is 4.39 Å². The van der Waals surface area contributed by atoms with Gasteiger partial charge in [0.2, 0.25) is 0 Å². The smallest absolute Gasteiger partial charge is 0.123 e. The highest BCUT2D eigenvalue weighted by Gasteiger charge is 2.30. The Labute approximate surface area is 123 Å². The quantitative estimate of drug-likeness (QED) is 0.803. The van der Waals surface area contributed by atoms with Crippen LogP contribution in [0.25, 0.3) is 0 Å². The average molecular weight is 277 g/mol. The van der Waals surface area contributed by atoms with Crippen LogP contribution >= 0.6 is 0 Å². The Bertz CT molecular complexity index is 404. The van der Waals surface area contributed by atoms with E-state index in [1.165, 1.54) is 38.2 Å². The lowest BCUT2D eigenvalue weighted by atomic mass is 9.72. The first-order valence-electron chi connectivity index (χ1n) is 8.22. The van der Waals surface area contributed by atoms with Gasteiger partial charge in [-0.1, -0.05) is 51.7 Å². The first kappa shape index (κ1) is 15.5. The molecular weight excluding hydrogens is 249 g/mol. The second-order valence-corrected chi connectivity index (χ2v) is 6.11. The van der Waals surface area contributed by atoms with Gasteiger partial charge < -0.3 is 5.32 Å². The van der Waals surface area contributed by atoms with Crippen molar-refractivity contribution in [2.45, 2.75) is 58.4 Å². The third kappa shape index (κ3) is 4.05. The molecule has 0 heterocycles. The van der Waals surface area contributed by atoms with E-state index in [1.807, 2.05) is 6.07 Å². The molecule has 0 radical (unpaired) electrons. The molecule has 1 aliphatic rings. The molecule has 0 amide bonds. The van der Waals surface area contributed by atoms with Crippen molar-refractivity contribution < 1.29 is 4.39 Å². The molecule has 20 heavy (non-hydrogen) atoms. The summed E-state index contributed by atoms with van der Waals surface area (Å²) in [6, 6.07) is 7.59. The van der Waals surface area contributed by atoms with Crippen molar-refractivity contribution in [1.29, 1.82) is 0 Å². The minimum Gasteiger partial charge on any atom is -0.314 e. The molecule has 0 aromatic heterocycles. The maximum atomic E-state index is 13.4. The van der Waals surface area contributed by atoms with Crippen molar-refractivity contribution in [3.63, 3.8) is 0 Å². The second kappa shape index (κ2) is 7.78. The fourth-order valence-corrected chi connectivity index (χ4v) is 3.83. The lowest BCUT2D eigenvalue weighted by Gasteiger charge is -2.37. The maximum Gasteiger partial charge on any atom is 0.123 e. The molecule has 112 valence electrons. The summed E-state index contributed by atoms with van der Waals surface area (Å²) < 4.78 is 13.4. The van der Waals surface area contributed by atoms with Gasteiger partial charge >= 0.3 is 0 Å². The lowest BCUT2D eigenvalue weighted by Crippen LogP contribution is -2.42. The third-order valence-corrected chi connectivity index (χ3v) is 4.82. The Balaban J connectivity index is 2.09. The standard InChI is InChI=1S/C18H28FN/c1-3-15-9-5-6-11-17(15)18(20-4-2)13-14-8-7-10-16(19)12-14/h7-8,10,12,15,17-18,20H,3-6,9,11,13H2,1-2H3. The molecule has 1 fully saturated rings. The summed E-state index contributed by atoms with van der Waals surface area (Å²) in [5.74, 6) is 1.46. The number of rotatable bonds is 6. The molecule has 1 aromatic carbocycles. The van der Waals surface area contributed by atoms with E-state index in [-0.39, 0.29) is 5.82 Å². The fourth-order valence-electron chi connectivity index (χ4n) is 3.83. The number of benzene rings is 1. The van der Waals surface area contributed by atoms with Crippen LogP contribution in [0.4, 0.5) is 4.39 Å². The molecule has 2 rings (SSSR count). The molecular formula is C18H28FN. The van der Waals surface area contributed by atoms with Gasteiger partial charge in [0.1, 0.15) is 5.82 Å². The Morgan fingerprint density at radius 3 is 2.75 bits per heavy atom. The number of hydrogen-bond donors (Lipinski definition) is 1. The van der Waals surface area contributed by atoms with E-state index in [2.05, 4.69) is 25.2 Å². The number of hydrogen-bond acceptors (Lipinski definition) is 1. The van der Waals surface area contributed by atoms with Crippen molar-refractivity contribution in [1.82, 2.24) is 5.32 Å². The van der Waals surface area contributed by atoms with Gasteiger partial charge in [0.05, 0.1) is 0 Å². The normalized spacial score (nSPS) is 24.6. The maximum absolute atomic E-state index is 13.4. The van der Waals surface area contributed by atoms with E-state index < -0.39 is 0 Å². The highest BCUT2D eigenvalue weighted by atomic mass is 19.1. The van der Waals surface area contributed by atoms with Gasteiger partial charge in [-0.3, -0.25) is 0 Å². The Morgan fingerprint density at radius 1 is 1.25 bits per heavy atom. The summed E-state index contributed by atoms with van der Waals surface area (Å²) in [5, 5.41) is 3.66. The number of halogens is 1. The van der Waals surface area contributed by atoms with Crippen LogP contribution in [0.2, 0.25) is 0 Å². The van der Waals surface area contributed by atoms with Crippen LogP contribution in [0.3, 0.4) is 0 Å². The minimum absolute atomic E-state index is 0.117. The van der Waals surface area contributed by atoms with Crippen molar-refractivity contribution in [2.75, 3.05) is 6.54 Å². The van der Waals surface area contributed by atoms with Gasteiger partial charge in [-0.15, -0.1) is 0 Å². The summed E-state index contributed by atoms with van der Waals surface area (Å²) in [5.41, 5.74) is 1.12. The van der Waals surface area contributed by atoms with Gasteiger partial charge in [0.25, 0.3) is 0 Å². The predicted octanol–water partition coefficient (Wildman–Crippen LogP) is 4.56. The van der Waals surface area contributed by atoms with Crippen LogP contribution in [0.5, 0.6) is 0 Å². The summed E-state index contributed by atoms with van der Waals surface area (Å²) in [6.07, 6.45) is 7.65. The van der Waals surface area contributed by atoms with E-state index >= 15 is 0 Å². The summed E-state index contributed by atoms with van der Waals surface area (Å²) in [6.45, 7) is 5.48. The first-order chi connectivity index (χ1) is 9.74. The molecule has 0 aliphatic heterocycles. The van der Waals surface area contributed by atoms with Crippen LogP contribution in [-0.2, 0) is 6.42 Å². The summed E-state index contributed by atoms with van der Waals surface area (Å²) >= 11 is 0. The van der Waals surface area contributed by atoms with Crippen LogP contribution in [0.15, 0.2) is 24.3 Å². The third-order valence-electron chi connectivity index (χ3n) is 4.82. The van der Waals surface area contributed by atoms with Crippen LogP contribution in [-0.4, -0.2) is 12.6 Å². The van der Waals surface area contributed by atoms with Crippen molar-refractivity contribution >= 4 is 0 Å². The molecule has 1 aliphatic carbocycles. The molecule has 1 N–H and O–H groups in total. The van der Waals surface area contributed by atoms with Crippen molar-refractivity contribution in [2.24, 2.45) is 11.8 Å². The molecule has 0 saturated heterocycles. The summed E-state index contributed by atoms with van der Waals surface area (Å²) in [7, 11) is 0. The largest absolute Gasteiger partial charge is 0.314 e. The minimum atomic E-state index is -0.117. The van der Waals surface area contributed by atoms with Crippen molar-refractivity contribution in [3.05, 3.63) is 35.6 Å². The van der Waals surface area contributed by atoms with Crippen molar-refractivity contribution in [3.8, 4) is 0 Å². The van der Waals surface area contributed by atoms with Gasteiger partial charge in [-0.05, 0) is 48.9 Å². The average Bonchev–Trinajstić information content (AvgIpc) is 2.47. The first-order valence-corrected chi connectivity index (χ1v) is 8.22. The SMILES string of the molecule is CCNC(Cc1cccc(F)c1)C1CCCCC1CC. The van der Waals surface area contributed by atoms with E-state index in [1.54, 1.807) is 6.07 Å². The predicted molar refractivity (Wildman–Crippen MR) is 83.3 cm³/mol. The fraction of sp³-hybridized carbons (Fsp3) is 0.667. The second-order valence-electron chi connectivity index (χ2n) is 6.11. The molecule has 1 nitrogen and oxygen atoms in total. The van der Waals surface area contributed by atoms with Gasteiger partial charge in [0, 0.05) is 6.04 Å². The molecule has 3 atom stereocenters. The van der Waals surface area contributed by atoms with Crippen LogP contribution < -0.4 is 5.32 Å². The Hall–Kier alpha value is -0.890. The molecule has 1 saturated carbocycles. The van der Waals surface area contributed by atoms with E-state index in [0.717, 1.165) is 30.4 Å². The van der Waals surface area contributed by atoms with E-state index in [0.29, 0.717) is 6.04 Å². The molecule has 3 unspecified atom stereocenters. The lowest BCUT2D eigenvalue weighted by molar-refractivity contribution is 0.175. The Kier molecular flexibility index (Phi) is 6.03. The summed E-state index contributed by atoms with van der Waals surface area (Å²) in [4.78, 5) is 0. The zero-order chi connectivity index (χ0) is 14.4. The van der Waals surface area contributed by atoms with Crippen LogP contribution in [0.1, 0.15) is 51.5 Å². The van der Waals surface area contributed by atoms with E-state index in [4.69, 9.17) is 0 Å². The van der Waals surface area contributed by atoms with Crippen LogP contribution in [0, 0.1) is 17.7 Å². The molecule has 1 aromatic rings. The highest BCUT2D eigenvalue weighted by molar-refractivity contribution is 5.17. The highest BCUT2D eigenvalue weighted by Crippen LogP contribution is 2.35. The molecule has 2 heteroatoms. The van der Waals surface area contributed by atoms with Gasteiger partial charge in [-0.2, -0.15) is 0 Å². The zero-order valence-corrected chi connectivity index (χ0v) is 12.9. The number of nitrogens with one attached hydrogen (secondary N) is 1. The molecule has 0 bridgehead atoms. The van der Waals surface area contributed by atoms with Gasteiger partial charge in [-0.25, -0.2) is 4.39 Å². The monoisotopic (exact) mass is 277 g/mol. The van der Waals surface area contributed by atoms with Gasteiger partial charge in [0.15, 0.2) is 0 Å². The number of likely N-dealkylation sites (N-methyl/N-ethyl adjacent to an activating group) is 1.